The summed E-state index contributed by atoms with van der Waals surface area (Å²) < 4.78 is 23.9. The molecule has 0 radical (unpaired) electrons. The van der Waals surface area contributed by atoms with Crippen LogP contribution in [0.25, 0.3) is 11.1 Å². The summed E-state index contributed by atoms with van der Waals surface area (Å²) in [5.74, 6) is -0.351. The summed E-state index contributed by atoms with van der Waals surface area (Å²) in [4.78, 5) is 17.5. The van der Waals surface area contributed by atoms with Gasteiger partial charge in [-0.25, -0.2) is 13.6 Å². The lowest BCUT2D eigenvalue weighted by Crippen LogP contribution is -2.36. The number of sulfonamides is 1. The van der Waals surface area contributed by atoms with Crippen molar-refractivity contribution >= 4 is 33.1 Å². The molecule has 0 aliphatic carbocycles. The number of nitrogens with one attached hydrogen (secondary N) is 3. The predicted octanol–water partition coefficient (Wildman–Crippen LogP) is 3.34. The Bertz CT molecular complexity index is 1520. The van der Waals surface area contributed by atoms with Crippen LogP contribution < -0.4 is 21.5 Å². The number of nitrogens with two attached hydrogens (primary N) is 2. The van der Waals surface area contributed by atoms with Gasteiger partial charge < -0.3 is 16.4 Å². The minimum absolute atomic E-state index is 0.0281. The van der Waals surface area contributed by atoms with Crippen molar-refractivity contribution in [3.63, 3.8) is 0 Å². The van der Waals surface area contributed by atoms with Crippen LogP contribution in [0.2, 0.25) is 0 Å². The Labute approximate surface area is 215 Å². The summed E-state index contributed by atoms with van der Waals surface area (Å²) in [6, 6.07) is 23.3. The van der Waals surface area contributed by atoms with E-state index in [1.165, 1.54) is 6.07 Å². The maximum atomic E-state index is 13.3. The maximum Gasteiger partial charge on any atom is 0.247 e. The first-order valence-corrected chi connectivity index (χ1v) is 12.9. The summed E-state index contributed by atoms with van der Waals surface area (Å²) in [7, 11) is -3.89. The van der Waals surface area contributed by atoms with Crippen molar-refractivity contribution < 1.29 is 13.2 Å². The molecule has 1 amide bonds. The third-order valence-corrected chi connectivity index (χ3v) is 6.62. The number of carbonyl (C=O) groups excluding carboxylic acids is 1. The Morgan fingerprint density at radius 3 is 2.38 bits per heavy atom. The van der Waals surface area contributed by atoms with Crippen LogP contribution in [0.1, 0.15) is 11.1 Å². The molecule has 0 aliphatic heterocycles. The molecule has 7 N–H and O–H groups in total. The van der Waals surface area contributed by atoms with Gasteiger partial charge in [0.1, 0.15) is 11.9 Å². The van der Waals surface area contributed by atoms with Crippen LogP contribution in [-0.2, 0) is 21.2 Å². The van der Waals surface area contributed by atoms with Crippen LogP contribution in [0.4, 0.5) is 11.4 Å². The Kier molecular flexibility index (Phi) is 7.61. The van der Waals surface area contributed by atoms with Gasteiger partial charge in [0.2, 0.25) is 15.9 Å². The van der Waals surface area contributed by atoms with Crippen molar-refractivity contribution in [1.82, 2.24) is 4.98 Å². The van der Waals surface area contributed by atoms with Crippen molar-refractivity contribution in [3.8, 4) is 11.1 Å². The van der Waals surface area contributed by atoms with E-state index in [2.05, 4.69) is 15.6 Å². The molecular weight excluding hydrogens is 488 g/mol. The van der Waals surface area contributed by atoms with Gasteiger partial charge in [-0.3, -0.25) is 15.2 Å². The van der Waals surface area contributed by atoms with E-state index in [0.717, 1.165) is 5.56 Å². The third kappa shape index (κ3) is 6.57. The largest absolute Gasteiger partial charge is 0.384 e. The van der Waals surface area contributed by atoms with Gasteiger partial charge in [0, 0.05) is 41.3 Å². The minimum Gasteiger partial charge on any atom is -0.384 e. The second kappa shape index (κ2) is 11.0. The summed E-state index contributed by atoms with van der Waals surface area (Å²) >= 11 is 0. The number of primary sulfonamides is 1. The second-order valence-corrected chi connectivity index (χ2v) is 9.89. The van der Waals surface area contributed by atoms with Crippen molar-refractivity contribution in [2.45, 2.75) is 17.4 Å². The fourth-order valence-electron chi connectivity index (χ4n) is 3.86. The van der Waals surface area contributed by atoms with E-state index < -0.39 is 16.1 Å². The molecule has 1 atom stereocenters. The van der Waals surface area contributed by atoms with E-state index >= 15 is 0 Å². The monoisotopic (exact) mass is 514 g/mol. The third-order valence-electron chi connectivity index (χ3n) is 5.65. The second-order valence-electron chi connectivity index (χ2n) is 8.36. The molecule has 1 heterocycles. The molecule has 0 aliphatic rings. The van der Waals surface area contributed by atoms with Gasteiger partial charge in [-0.2, -0.15) is 0 Å². The van der Waals surface area contributed by atoms with Gasteiger partial charge in [0.05, 0.1) is 4.90 Å². The highest BCUT2D eigenvalue weighted by atomic mass is 32.2. The molecule has 188 valence electrons. The van der Waals surface area contributed by atoms with Gasteiger partial charge in [-0.05, 0) is 47.5 Å². The Morgan fingerprint density at radius 1 is 0.946 bits per heavy atom. The lowest BCUT2D eigenvalue weighted by molar-refractivity contribution is -0.116. The van der Waals surface area contributed by atoms with Crippen molar-refractivity contribution in [2.75, 3.05) is 10.6 Å². The Hall–Kier alpha value is -4.54. The van der Waals surface area contributed by atoms with E-state index in [0.29, 0.717) is 34.5 Å². The fourth-order valence-corrected chi connectivity index (χ4v) is 4.62. The number of anilines is 2. The van der Waals surface area contributed by atoms with Crippen molar-refractivity contribution in [3.05, 3.63) is 108 Å². The van der Waals surface area contributed by atoms with Gasteiger partial charge >= 0.3 is 0 Å². The zero-order chi connectivity index (χ0) is 26.4. The van der Waals surface area contributed by atoms with E-state index in [9.17, 15) is 13.2 Å². The topological polar surface area (TPSA) is 164 Å². The van der Waals surface area contributed by atoms with Crippen LogP contribution >= 0.6 is 0 Å². The Morgan fingerprint density at radius 2 is 1.70 bits per heavy atom. The molecule has 0 spiro atoms. The SMILES string of the molecule is N=C(N)c1cccc(N[C@@H](Cc2cccnc2)C(=O)Nc2ccc(-c3ccccc3S(N)(=O)=O)cc2)c1. The van der Waals surface area contributed by atoms with E-state index in [1.807, 2.05) is 6.07 Å². The number of carbonyl (C=O) groups is 1. The lowest BCUT2D eigenvalue weighted by Gasteiger charge is -2.20. The number of amides is 1. The Balaban J connectivity index is 1.56. The quantitative estimate of drug-likeness (QED) is 0.170. The highest BCUT2D eigenvalue weighted by Crippen LogP contribution is 2.27. The number of benzene rings is 3. The summed E-state index contributed by atoms with van der Waals surface area (Å²) in [6.07, 6.45) is 3.73. The number of amidine groups is 1. The van der Waals surface area contributed by atoms with Crippen molar-refractivity contribution in [2.24, 2.45) is 10.9 Å². The standard InChI is InChI=1S/C27H26N6O3S/c28-26(29)20-6-3-7-22(16-20)32-24(15-18-5-4-14-31-17-18)27(34)33-21-12-10-19(11-13-21)23-8-1-2-9-25(23)37(30,35)36/h1-14,16-17,24,32H,15H2,(H3,28,29)(H,33,34)(H2,30,35,36)/t24-/m0/s1. The molecular formula is C27H26N6O3S. The van der Waals surface area contributed by atoms with Crippen LogP contribution in [0.5, 0.6) is 0 Å². The normalized spacial score (nSPS) is 11.9. The number of aromatic nitrogens is 1. The molecule has 3 aromatic carbocycles. The molecule has 0 fully saturated rings. The van der Waals surface area contributed by atoms with Gasteiger partial charge in [0.25, 0.3) is 0 Å². The number of nitrogen functional groups attached to an aromatic ring is 1. The minimum atomic E-state index is -3.89. The average Bonchev–Trinajstić information content (AvgIpc) is 2.89. The highest BCUT2D eigenvalue weighted by molar-refractivity contribution is 7.89. The van der Waals surface area contributed by atoms with E-state index in [-0.39, 0.29) is 16.6 Å². The first-order chi connectivity index (χ1) is 17.7. The highest BCUT2D eigenvalue weighted by Gasteiger charge is 2.20. The first kappa shape index (κ1) is 25.5. The van der Waals surface area contributed by atoms with Gasteiger partial charge in [-0.1, -0.05) is 48.5 Å². The summed E-state index contributed by atoms with van der Waals surface area (Å²) in [6.45, 7) is 0. The predicted molar refractivity (Wildman–Crippen MR) is 145 cm³/mol. The lowest BCUT2D eigenvalue weighted by atomic mass is 10.0. The number of hydrogen-bond donors (Lipinski definition) is 5. The number of pyridine rings is 1. The summed E-state index contributed by atoms with van der Waals surface area (Å²) in [5, 5.41) is 19.2. The number of rotatable bonds is 9. The molecule has 0 bridgehead atoms. The zero-order valence-corrected chi connectivity index (χ0v) is 20.6. The number of nitrogens with zero attached hydrogens (tertiary/aromatic N) is 1. The van der Waals surface area contributed by atoms with Gasteiger partial charge in [-0.15, -0.1) is 0 Å². The molecule has 9 nitrogen and oxygen atoms in total. The summed E-state index contributed by atoms with van der Waals surface area (Å²) in [5.41, 5.74) is 9.33. The smallest absolute Gasteiger partial charge is 0.247 e. The average molecular weight is 515 g/mol. The fraction of sp³-hybridized carbons (Fsp3) is 0.0741. The molecule has 4 aromatic rings. The van der Waals surface area contributed by atoms with Crippen LogP contribution in [0.15, 0.2) is 102 Å². The van der Waals surface area contributed by atoms with Gasteiger partial charge in [0.15, 0.2) is 0 Å². The van der Waals surface area contributed by atoms with Crippen LogP contribution in [0, 0.1) is 5.41 Å². The van der Waals surface area contributed by atoms with E-state index in [1.54, 1.807) is 85.2 Å². The van der Waals surface area contributed by atoms with Crippen molar-refractivity contribution in [1.29, 1.82) is 5.41 Å². The first-order valence-electron chi connectivity index (χ1n) is 11.3. The van der Waals surface area contributed by atoms with Crippen LogP contribution in [-0.4, -0.2) is 31.2 Å². The number of hydrogen-bond acceptors (Lipinski definition) is 6. The van der Waals surface area contributed by atoms with Crippen LogP contribution in [0.3, 0.4) is 0 Å². The zero-order valence-electron chi connectivity index (χ0n) is 19.8. The molecule has 37 heavy (non-hydrogen) atoms. The van der Waals surface area contributed by atoms with E-state index in [4.69, 9.17) is 16.3 Å². The molecule has 1 aromatic heterocycles. The molecule has 0 unspecified atom stereocenters. The molecule has 10 heteroatoms. The molecule has 0 saturated heterocycles. The molecule has 0 saturated carbocycles. The molecule has 4 rings (SSSR count). The maximum absolute atomic E-state index is 13.3.